The van der Waals surface area contributed by atoms with Crippen LogP contribution in [-0.4, -0.2) is 23.0 Å². The van der Waals surface area contributed by atoms with Gasteiger partial charge < -0.3 is 5.21 Å². The van der Waals surface area contributed by atoms with Crippen molar-refractivity contribution in [3.8, 4) is 0 Å². The molecule has 2 aromatic rings. The number of aryl methyl sites for hydroxylation is 1. The van der Waals surface area contributed by atoms with Crippen LogP contribution in [0.3, 0.4) is 0 Å². The van der Waals surface area contributed by atoms with E-state index in [4.69, 9.17) is 0 Å². The molecule has 0 aliphatic carbocycles. The second-order valence-electron chi connectivity index (χ2n) is 6.36. The first-order chi connectivity index (χ1) is 12.6. The van der Waals surface area contributed by atoms with Crippen LogP contribution in [0.5, 0.6) is 0 Å². The summed E-state index contributed by atoms with van der Waals surface area (Å²) in [6, 6.07) is 16.7. The number of nitrogens with one attached hydrogen (secondary N) is 1. The van der Waals surface area contributed by atoms with Gasteiger partial charge >= 0.3 is 0 Å². The van der Waals surface area contributed by atoms with Gasteiger partial charge in [0.25, 0.3) is 0 Å². The van der Waals surface area contributed by atoms with Gasteiger partial charge in [0, 0.05) is 30.1 Å². The summed E-state index contributed by atoms with van der Waals surface area (Å²) in [6.45, 7) is 2.12. The quantitative estimate of drug-likeness (QED) is 0.415. The van der Waals surface area contributed by atoms with E-state index in [1.165, 1.54) is 16.7 Å². The van der Waals surface area contributed by atoms with Crippen molar-refractivity contribution in [2.75, 3.05) is 7.05 Å². The molecule has 2 aromatic carbocycles. The minimum Gasteiger partial charge on any atom is -0.411 e. The van der Waals surface area contributed by atoms with Crippen LogP contribution in [0.1, 0.15) is 29.0 Å². The van der Waals surface area contributed by atoms with Gasteiger partial charge in [-0.1, -0.05) is 57.5 Å². The fraction of sp³-hybridized carbons (Fsp3) is 0.190. The van der Waals surface area contributed by atoms with Crippen LogP contribution in [-0.2, 0) is 0 Å². The Labute approximate surface area is 162 Å². The van der Waals surface area contributed by atoms with Crippen molar-refractivity contribution in [1.29, 1.82) is 0 Å². The molecule has 134 valence electrons. The molecule has 26 heavy (non-hydrogen) atoms. The molecule has 3 rings (SSSR count). The first-order valence-corrected chi connectivity index (χ1v) is 9.28. The molecule has 0 amide bonds. The van der Waals surface area contributed by atoms with Crippen LogP contribution in [0.4, 0.5) is 0 Å². The Hall–Kier alpha value is -2.53. The lowest BCUT2D eigenvalue weighted by Crippen LogP contribution is -2.34. The normalized spacial score (nSPS) is 15.4. The molecule has 4 nitrogen and oxygen atoms in total. The Morgan fingerprint density at radius 1 is 1.19 bits per heavy atom. The zero-order chi connectivity index (χ0) is 18.5. The lowest BCUT2D eigenvalue weighted by Gasteiger charge is -2.26. The molecule has 5 heteroatoms. The summed E-state index contributed by atoms with van der Waals surface area (Å²) in [6.07, 6.45) is 6.35. The number of hydrazine groups is 1. The highest BCUT2D eigenvalue weighted by molar-refractivity contribution is 9.10. The van der Waals surface area contributed by atoms with E-state index in [9.17, 15) is 5.21 Å². The van der Waals surface area contributed by atoms with Gasteiger partial charge in [-0.15, -0.1) is 0 Å². The second kappa shape index (κ2) is 8.23. The van der Waals surface area contributed by atoms with Gasteiger partial charge in [0.2, 0.25) is 0 Å². The van der Waals surface area contributed by atoms with E-state index in [2.05, 4.69) is 63.8 Å². The molecule has 1 aliphatic rings. The van der Waals surface area contributed by atoms with E-state index in [1.54, 1.807) is 0 Å². The zero-order valence-corrected chi connectivity index (χ0v) is 16.4. The van der Waals surface area contributed by atoms with Gasteiger partial charge in [-0.2, -0.15) is 0 Å². The maximum Gasteiger partial charge on any atom is 0.105 e. The SMILES string of the molecule is Cc1ccccc1[C@H](C/C(=N\O)C1=CC=CN(C)N1)c1ccc(Br)cc1. The predicted molar refractivity (Wildman–Crippen MR) is 109 cm³/mol. The minimum atomic E-state index is 0.0918. The zero-order valence-electron chi connectivity index (χ0n) is 14.9. The Balaban J connectivity index is 1.98. The Morgan fingerprint density at radius 3 is 2.58 bits per heavy atom. The smallest absolute Gasteiger partial charge is 0.105 e. The highest BCUT2D eigenvalue weighted by atomic mass is 79.9. The van der Waals surface area contributed by atoms with Crippen molar-refractivity contribution < 1.29 is 5.21 Å². The number of nitrogens with zero attached hydrogens (tertiary/aromatic N) is 2. The van der Waals surface area contributed by atoms with Crippen molar-refractivity contribution in [3.63, 3.8) is 0 Å². The van der Waals surface area contributed by atoms with Gasteiger partial charge in [0.15, 0.2) is 0 Å². The van der Waals surface area contributed by atoms with Crippen molar-refractivity contribution >= 4 is 21.6 Å². The van der Waals surface area contributed by atoms with Crippen molar-refractivity contribution in [1.82, 2.24) is 10.4 Å². The van der Waals surface area contributed by atoms with Crippen LogP contribution >= 0.6 is 15.9 Å². The molecule has 0 bridgehead atoms. The van der Waals surface area contributed by atoms with Gasteiger partial charge in [-0.05, 0) is 47.9 Å². The Bertz CT molecular complexity index is 856. The molecule has 0 unspecified atom stereocenters. The maximum atomic E-state index is 9.68. The summed E-state index contributed by atoms with van der Waals surface area (Å²) in [5, 5.41) is 15.1. The van der Waals surface area contributed by atoms with Crippen LogP contribution in [0, 0.1) is 6.92 Å². The molecular formula is C21H22BrN3O. The molecule has 0 aromatic heterocycles. The highest BCUT2D eigenvalue weighted by Crippen LogP contribution is 2.32. The Morgan fingerprint density at radius 2 is 1.92 bits per heavy atom. The largest absolute Gasteiger partial charge is 0.411 e. The second-order valence-corrected chi connectivity index (χ2v) is 7.27. The standard InChI is InChI=1S/C21H22BrN3O/c1-15-6-3-4-7-18(15)19(16-9-11-17(22)12-10-16)14-21(24-26)20-8-5-13-25(2)23-20/h3-13,19,23,26H,14H2,1-2H3/b24-21+/t19-/m1/s1. The van der Waals surface area contributed by atoms with Crippen molar-refractivity contribution in [3.05, 3.63) is 93.7 Å². The topological polar surface area (TPSA) is 47.9 Å². The third-order valence-electron chi connectivity index (χ3n) is 4.53. The summed E-state index contributed by atoms with van der Waals surface area (Å²) in [5.41, 5.74) is 8.27. The van der Waals surface area contributed by atoms with E-state index in [0.717, 1.165) is 10.2 Å². The van der Waals surface area contributed by atoms with Crippen LogP contribution in [0.25, 0.3) is 0 Å². The van der Waals surface area contributed by atoms with E-state index in [-0.39, 0.29) is 5.92 Å². The van der Waals surface area contributed by atoms with Crippen molar-refractivity contribution in [2.45, 2.75) is 19.3 Å². The summed E-state index contributed by atoms with van der Waals surface area (Å²) < 4.78 is 1.05. The number of allylic oxidation sites excluding steroid dienone is 3. The Kier molecular flexibility index (Phi) is 5.78. The number of oxime groups is 1. The average molecular weight is 412 g/mol. The first kappa shape index (κ1) is 18.3. The molecule has 1 atom stereocenters. The van der Waals surface area contributed by atoms with Gasteiger partial charge in [0.05, 0.1) is 5.70 Å². The van der Waals surface area contributed by atoms with Crippen LogP contribution in [0.15, 0.2) is 82.2 Å². The number of hydrogen-bond acceptors (Lipinski definition) is 4. The summed E-state index contributed by atoms with van der Waals surface area (Å²) >= 11 is 3.50. The van der Waals surface area contributed by atoms with E-state index in [1.807, 2.05) is 48.6 Å². The first-order valence-electron chi connectivity index (χ1n) is 8.48. The van der Waals surface area contributed by atoms with Crippen LogP contribution < -0.4 is 5.43 Å². The van der Waals surface area contributed by atoms with Crippen LogP contribution in [0.2, 0.25) is 0 Å². The maximum absolute atomic E-state index is 9.68. The van der Waals surface area contributed by atoms with E-state index < -0.39 is 0 Å². The number of benzene rings is 2. The monoisotopic (exact) mass is 411 g/mol. The molecule has 0 fully saturated rings. The average Bonchev–Trinajstić information content (AvgIpc) is 2.65. The minimum absolute atomic E-state index is 0.0918. The molecule has 0 saturated carbocycles. The molecule has 1 aliphatic heterocycles. The summed E-state index contributed by atoms with van der Waals surface area (Å²) in [5.74, 6) is 0.0918. The molecule has 0 spiro atoms. The fourth-order valence-electron chi connectivity index (χ4n) is 3.17. The van der Waals surface area contributed by atoms with Gasteiger partial charge in [-0.3, -0.25) is 10.4 Å². The third-order valence-corrected chi connectivity index (χ3v) is 5.06. The van der Waals surface area contributed by atoms with Gasteiger partial charge in [0.1, 0.15) is 5.71 Å². The van der Waals surface area contributed by atoms with Crippen molar-refractivity contribution in [2.24, 2.45) is 5.16 Å². The highest BCUT2D eigenvalue weighted by Gasteiger charge is 2.22. The summed E-state index contributed by atoms with van der Waals surface area (Å²) in [4.78, 5) is 0. The lowest BCUT2D eigenvalue weighted by molar-refractivity contribution is 0.314. The number of rotatable bonds is 5. The van der Waals surface area contributed by atoms with E-state index in [0.29, 0.717) is 12.1 Å². The van der Waals surface area contributed by atoms with Gasteiger partial charge in [-0.25, -0.2) is 0 Å². The lowest BCUT2D eigenvalue weighted by atomic mass is 9.84. The predicted octanol–water partition coefficient (Wildman–Crippen LogP) is 4.96. The fourth-order valence-corrected chi connectivity index (χ4v) is 3.44. The third kappa shape index (κ3) is 4.17. The molecule has 2 N–H and O–H groups in total. The molecule has 0 radical (unpaired) electrons. The number of halogens is 1. The molecular weight excluding hydrogens is 390 g/mol. The van der Waals surface area contributed by atoms with E-state index >= 15 is 0 Å². The molecule has 0 saturated heterocycles. The summed E-state index contributed by atoms with van der Waals surface area (Å²) in [7, 11) is 1.91. The molecule has 1 heterocycles. The number of hydrogen-bond donors (Lipinski definition) is 2.